The fraction of sp³-hybridized carbons (Fsp3) is 0.300. The molecule has 1 aliphatic rings. The Balaban J connectivity index is 1.71. The molecule has 29 heavy (non-hydrogen) atoms. The van der Waals surface area contributed by atoms with E-state index in [2.05, 4.69) is 31.7 Å². The molecule has 4 N–H and O–H groups in total. The Bertz CT molecular complexity index is 1130. The summed E-state index contributed by atoms with van der Waals surface area (Å²) in [4.78, 5) is 21.8. The number of rotatable bonds is 5. The van der Waals surface area contributed by atoms with Crippen molar-refractivity contribution in [3.63, 3.8) is 0 Å². The van der Waals surface area contributed by atoms with Crippen LogP contribution in [0.15, 0.2) is 35.1 Å². The van der Waals surface area contributed by atoms with Crippen LogP contribution in [-0.4, -0.2) is 28.0 Å². The predicted molar refractivity (Wildman–Crippen MR) is 106 cm³/mol. The predicted octanol–water partition coefficient (Wildman–Crippen LogP) is 3.88. The number of nitrogens with zero attached hydrogens (tertiary/aromatic N) is 1. The molecule has 0 saturated carbocycles. The van der Waals surface area contributed by atoms with E-state index in [0.29, 0.717) is 11.0 Å². The minimum Gasteiger partial charge on any atom is -0.363 e. The van der Waals surface area contributed by atoms with Crippen molar-refractivity contribution in [3.8, 4) is 0 Å². The maximum Gasteiger partial charge on any atom is 0.348 e. The monoisotopic (exact) mass is 403 g/mol. The van der Waals surface area contributed by atoms with Crippen LogP contribution in [0.5, 0.6) is 0 Å². The van der Waals surface area contributed by atoms with E-state index in [1.165, 1.54) is 12.1 Å². The summed E-state index contributed by atoms with van der Waals surface area (Å²) in [7, 11) is 0. The largest absolute Gasteiger partial charge is 0.363 e. The van der Waals surface area contributed by atoms with Gasteiger partial charge in [-0.25, -0.2) is 18.0 Å². The molecule has 0 bridgehead atoms. The molecule has 0 unspecified atom stereocenters. The molecule has 3 heterocycles. The lowest BCUT2D eigenvalue weighted by molar-refractivity contribution is 0.146. The second kappa shape index (κ2) is 7.75. The van der Waals surface area contributed by atoms with Gasteiger partial charge in [0.1, 0.15) is 17.3 Å². The summed E-state index contributed by atoms with van der Waals surface area (Å²) in [6, 6.07) is 5.08. The minimum absolute atomic E-state index is 0.0786. The maximum absolute atomic E-state index is 14.5. The van der Waals surface area contributed by atoms with E-state index in [-0.39, 0.29) is 11.4 Å². The smallest absolute Gasteiger partial charge is 0.348 e. The van der Waals surface area contributed by atoms with Gasteiger partial charge < -0.3 is 15.6 Å². The Labute approximate surface area is 164 Å². The Morgan fingerprint density at radius 3 is 2.72 bits per heavy atom. The van der Waals surface area contributed by atoms with Crippen LogP contribution in [0, 0.1) is 5.82 Å². The molecule has 1 aliphatic heterocycles. The number of anilines is 1. The first kappa shape index (κ1) is 19.3. The Hall–Kier alpha value is -3.07. The topological polar surface area (TPSA) is 85.6 Å². The second-order valence-electron chi connectivity index (χ2n) is 6.96. The van der Waals surface area contributed by atoms with Crippen molar-refractivity contribution < 1.29 is 13.2 Å². The summed E-state index contributed by atoms with van der Waals surface area (Å²) in [5.41, 5.74) is 1.34. The van der Waals surface area contributed by atoms with Crippen molar-refractivity contribution >= 4 is 22.4 Å². The third-order valence-corrected chi connectivity index (χ3v) is 5.04. The second-order valence-corrected chi connectivity index (χ2v) is 6.96. The van der Waals surface area contributed by atoms with Crippen LogP contribution < -0.4 is 16.3 Å². The first-order valence-electron chi connectivity index (χ1n) is 9.30. The van der Waals surface area contributed by atoms with Crippen LogP contribution in [0.25, 0.3) is 16.6 Å². The summed E-state index contributed by atoms with van der Waals surface area (Å²) in [6.45, 7) is 3.25. The Kier molecular flexibility index (Phi) is 5.14. The summed E-state index contributed by atoms with van der Waals surface area (Å²) in [5.74, 6) is -0.701. The first-order chi connectivity index (χ1) is 13.9. The van der Waals surface area contributed by atoms with E-state index >= 15 is 0 Å². The lowest BCUT2D eigenvalue weighted by atomic mass is 10.0. The zero-order chi connectivity index (χ0) is 20.5. The van der Waals surface area contributed by atoms with Crippen LogP contribution in [0.2, 0.25) is 0 Å². The van der Waals surface area contributed by atoms with Gasteiger partial charge in [-0.15, -0.1) is 0 Å². The fourth-order valence-corrected chi connectivity index (χ4v) is 3.54. The van der Waals surface area contributed by atoms with Gasteiger partial charge in [0, 0.05) is 17.8 Å². The highest BCUT2D eigenvalue weighted by Gasteiger charge is 2.21. The number of aromatic nitrogens is 3. The number of benzene rings is 1. The van der Waals surface area contributed by atoms with Crippen molar-refractivity contribution in [2.75, 3.05) is 18.4 Å². The molecule has 0 saturated heterocycles. The molecular formula is C20H20F3N5O. The number of hydrogen-bond donors (Lipinski definition) is 4. The van der Waals surface area contributed by atoms with E-state index in [1.807, 2.05) is 6.07 Å². The van der Waals surface area contributed by atoms with Gasteiger partial charge in [-0.2, -0.15) is 4.98 Å². The van der Waals surface area contributed by atoms with Gasteiger partial charge >= 0.3 is 5.69 Å². The highest BCUT2D eigenvalue weighted by Crippen LogP contribution is 2.31. The van der Waals surface area contributed by atoms with Crippen molar-refractivity contribution in [3.05, 3.63) is 63.5 Å². The quantitative estimate of drug-likeness (QED) is 0.521. The van der Waals surface area contributed by atoms with Gasteiger partial charge in [0.15, 0.2) is 0 Å². The molecule has 2 aromatic heterocycles. The number of aromatic amines is 2. The lowest BCUT2D eigenvalue weighted by Crippen LogP contribution is -2.20. The molecule has 152 valence electrons. The number of alkyl halides is 2. The number of hydrogen-bond acceptors (Lipinski definition) is 4. The molecule has 1 aromatic carbocycles. The summed E-state index contributed by atoms with van der Waals surface area (Å²) in [5, 5.41) is 6.87. The third kappa shape index (κ3) is 3.77. The van der Waals surface area contributed by atoms with Crippen LogP contribution in [0.3, 0.4) is 0 Å². The Morgan fingerprint density at radius 2 is 2.00 bits per heavy atom. The number of halogens is 3. The molecule has 0 radical (unpaired) electrons. The van der Waals surface area contributed by atoms with Gasteiger partial charge in [0.25, 0.3) is 6.43 Å². The number of H-pyrrole nitrogens is 2. The van der Waals surface area contributed by atoms with E-state index in [1.54, 1.807) is 6.92 Å². The normalized spacial score (nSPS) is 15.6. The van der Waals surface area contributed by atoms with Crippen molar-refractivity contribution in [1.82, 2.24) is 20.3 Å². The molecule has 0 aliphatic carbocycles. The average Bonchev–Trinajstić information content (AvgIpc) is 3.12. The van der Waals surface area contributed by atoms with Crippen molar-refractivity contribution in [2.24, 2.45) is 0 Å². The molecule has 4 rings (SSSR count). The standard InChI is InChI=1S/C20H20F3N5O/c1-10(12-3-2-4-13(16(12)21)17(22)23)25-18-14-9-15(11-5-7-24-8-6-11)26-19(14)28-20(29)27-18/h2-5,9-10,17,24H,6-8H2,1H3,(H3,25,26,27,28,29)/t10-/m1/s1. The van der Waals surface area contributed by atoms with Crippen LogP contribution in [-0.2, 0) is 0 Å². The van der Waals surface area contributed by atoms with E-state index in [0.717, 1.165) is 36.8 Å². The highest BCUT2D eigenvalue weighted by molar-refractivity contribution is 5.90. The number of nitrogens with one attached hydrogen (secondary N) is 4. The van der Waals surface area contributed by atoms with Gasteiger partial charge in [-0.05, 0) is 31.5 Å². The average molecular weight is 403 g/mol. The minimum atomic E-state index is -2.91. The summed E-state index contributed by atoms with van der Waals surface area (Å²) < 4.78 is 40.5. The SMILES string of the molecule is C[C@@H](Nc1nc(=O)[nH]c2[nH]c(C3=CCNCC3)cc12)c1cccc(C(F)F)c1F. The van der Waals surface area contributed by atoms with Crippen molar-refractivity contribution in [2.45, 2.75) is 25.8 Å². The van der Waals surface area contributed by atoms with Crippen LogP contribution in [0.1, 0.15) is 42.6 Å². The van der Waals surface area contributed by atoms with Gasteiger partial charge in [0.2, 0.25) is 0 Å². The molecule has 1 atom stereocenters. The Morgan fingerprint density at radius 1 is 1.21 bits per heavy atom. The lowest BCUT2D eigenvalue weighted by Gasteiger charge is -2.17. The van der Waals surface area contributed by atoms with Crippen molar-refractivity contribution in [1.29, 1.82) is 0 Å². The van der Waals surface area contributed by atoms with E-state index in [4.69, 9.17) is 0 Å². The third-order valence-electron chi connectivity index (χ3n) is 5.04. The first-order valence-corrected chi connectivity index (χ1v) is 9.30. The van der Waals surface area contributed by atoms with E-state index in [9.17, 15) is 18.0 Å². The molecule has 3 aromatic rings. The van der Waals surface area contributed by atoms with Gasteiger partial charge in [-0.3, -0.25) is 4.98 Å². The maximum atomic E-state index is 14.5. The molecule has 6 nitrogen and oxygen atoms in total. The number of fused-ring (bicyclic) bond motifs is 1. The fourth-order valence-electron chi connectivity index (χ4n) is 3.54. The van der Waals surface area contributed by atoms with Gasteiger partial charge in [-0.1, -0.05) is 24.3 Å². The molecular weight excluding hydrogens is 383 g/mol. The molecule has 0 spiro atoms. The summed E-state index contributed by atoms with van der Waals surface area (Å²) in [6.07, 6.45) is 0.00715. The highest BCUT2D eigenvalue weighted by atomic mass is 19.3. The van der Waals surface area contributed by atoms with Crippen LogP contribution in [0.4, 0.5) is 19.0 Å². The zero-order valence-corrected chi connectivity index (χ0v) is 15.7. The molecule has 0 fully saturated rings. The summed E-state index contributed by atoms with van der Waals surface area (Å²) >= 11 is 0. The molecule has 0 amide bonds. The van der Waals surface area contributed by atoms with E-state index < -0.39 is 29.5 Å². The molecule has 9 heteroatoms. The van der Waals surface area contributed by atoms with Crippen LogP contribution >= 0.6 is 0 Å². The van der Waals surface area contributed by atoms with Gasteiger partial charge in [0.05, 0.1) is 17.0 Å². The zero-order valence-electron chi connectivity index (χ0n) is 15.7.